The largest absolute Gasteiger partial charge is 0.467 e. The quantitative estimate of drug-likeness (QED) is 0.651. The molecule has 1 saturated heterocycles. The third kappa shape index (κ3) is 5.05. The summed E-state index contributed by atoms with van der Waals surface area (Å²) in [6.45, 7) is 3.12. The number of likely N-dealkylation sites (tertiary alicyclic amines) is 1. The number of nitrogens with zero attached hydrogens (tertiary/aromatic N) is 1. The Hall–Kier alpha value is -3.08. The number of hydrogen-bond acceptors (Lipinski definition) is 5. The van der Waals surface area contributed by atoms with Crippen molar-refractivity contribution in [1.29, 1.82) is 0 Å². The lowest BCUT2D eigenvalue weighted by atomic mass is 9.91. The zero-order valence-corrected chi connectivity index (χ0v) is 16.4. The highest BCUT2D eigenvalue weighted by molar-refractivity contribution is 6.04. The van der Waals surface area contributed by atoms with E-state index in [1.165, 1.54) is 0 Å². The van der Waals surface area contributed by atoms with Crippen molar-refractivity contribution < 1.29 is 19.1 Å². The number of para-hydroxylation sites is 1. The number of furan rings is 1. The van der Waals surface area contributed by atoms with E-state index >= 15 is 0 Å². The standard InChI is InChI=1S/C22H25N3O4/c1-3-22(28)10-12-25(13-11-22)16(2)20(26)24-19-9-5-4-8-18(19)21(27)23-15-17-7-6-14-29-17/h1,4-9,14,16,28H,10-13,15H2,2H3,(H,23,27)(H,24,26). The lowest BCUT2D eigenvalue weighted by Gasteiger charge is -2.37. The summed E-state index contributed by atoms with van der Waals surface area (Å²) in [7, 11) is 0. The number of piperidine rings is 1. The Labute approximate surface area is 170 Å². The Morgan fingerprint density at radius 2 is 2.00 bits per heavy atom. The van der Waals surface area contributed by atoms with Gasteiger partial charge in [-0.15, -0.1) is 6.42 Å². The number of hydrogen-bond donors (Lipinski definition) is 3. The van der Waals surface area contributed by atoms with Crippen molar-refractivity contribution >= 4 is 17.5 Å². The van der Waals surface area contributed by atoms with Crippen LogP contribution in [0.1, 0.15) is 35.9 Å². The van der Waals surface area contributed by atoms with Gasteiger partial charge >= 0.3 is 0 Å². The predicted octanol–water partition coefficient (Wildman–Crippen LogP) is 2.00. The van der Waals surface area contributed by atoms with E-state index in [9.17, 15) is 14.7 Å². The van der Waals surface area contributed by atoms with Crippen LogP contribution in [0.4, 0.5) is 5.69 Å². The molecular weight excluding hydrogens is 370 g/mol. The zero-order valence-electron chi connectivity index (χ0n) is 16.4. The average Bonchev–Trinajstić information content (AvgIpc) is 3.26. The third-order valence-corrected chi connectivity index (χ3v) is 5.25. The summed E-state index contributed by atoms with van der Waals surface area (Å²) in [5.74, 6) is 2.55. The van der Waals surface area contributed by atoms with Crippen molar-refractivity contribution in [3.63, 3.8) is 0 Å². The van der Waals surface area contributed by atoms with Crippen LogP contribution in [0.25, 0.3) is 0 Å². The van der Waals surface area contributed by atoms with Crippen molar-refractivity contribution in [2.45, 2.75) is 38.0 Å². The number of benzene rings is 1. The van der Waals surface area contributed by atoms with E-state index in [0.717, 1.165) is 0 Å². The van der Waals surface area contributed by atoms with Gasteiger partial charge in [0.05, 0.1) is 30.1 Å². The lowest BCUT2D eigenvalue weighted by molar-refractivity contribution is -0.122. The van der Waals surface area contributed by atoms with E-state index in [-0.39, 0.29) is 18.4 Å². The minimum atomic E-state index is -1.09. The summed E-state index contributed by atoms with van der Waals surface area (Å²) in [4.78, 5) is 27.3. The Kier molecular flexibility index (Phi) is 6.37. The Balaban J connectivity index is 1.62. The molecule has 1 atom stereocenters. The summed E-state index contributed by atoms with van der Waals surface area (Å²) in [6.07, 6.45) is 7.77. The zero-order chi connectivity index (χ0) is 20.9. The van der Waals surface area contributed by atoms with E-state index in [1.54, 1.807) is 49.6 Å². The maximum Gasteiger partial charge on any atom is 0.253 e. The predicted molar refractivity (Wildman–Crippen MR) is 109 cm³/mol. The molecule has 1 aliphatic rings. The molecule has 152 valence electrons. The second-order valence-corrected chi connectivity index (χ2v) is 7.18. The fraction of sp³-hybridized carbons (Fsp3) is 0.364. The van der Waals surface area contributed by atoms with Crippen LogP contribution in [0.15, 0.2) is 47.1 Å². The molecule has 0 spiro atoms. The van der Waals surface area contributed by atoms with Gasteiger partial charge in [0, 0.05) is 25.9 Å². The fourth-order valence-electron chi connectivity index (χ4n) is 3.29. The van der Waals surface area contributed by atoms with Gasteiger partial charge in [-0.3, -0.25) is 14.5 Å². The molecule has 0 aliphatic carbocycles. The molecule has 3 rings (SSSR count). The molecule has 0 saturated carbocycles. The second kappa shape index (κ2) is 8.95. The van der Waals surface area contributed by atoms with Crippen LogP contribution < -0.4 is 10.6 Å². The molecule has 1 unspecified atom stereocenters. The highest BCUT2D eigenvalue weighted by Gasteiger charge is 2.33. The van der Waals surface area contributed by atoms with E-state index < -0.39 is 11.6 Å². The van der Waals surface area contributed by atoms with E-state index in [2.05, 4.69) is 16.6 Å². The highest BCUT2D eigenvalue weighted by atomic mass is 16.3. The number of carbonyl (C=O) groups is 2. The van der Waals surface area contributed by atoms with Crippen LogP contribution >= 0.6 is 0 Å². The SMILES string of the molecule is C#CC1(O)CCN(C(C)C(=O)Nc2ccccc2C(=O)NCc2ccco2)CC1. The number of anilines is 1. The molecule has 1 aliphatic heterocycles. The smallest absolute Gasteiger partial charge is 0.253 e. The van der Waals surface area contributed by atoms with E-state index in [1.807, 2.05) is 4.90 Å². The monoisotopic (exact) mass is 395 g/mol. The molecule has 0 radical (unpaired) electrons. The van der Waals surface area contributed by atoms with Gasteiger partial charge in [0.25, 0.3) is 5.91 Å². The first-order chi connectivity index (χ1) is 13.9. The van der Waals surface area contributed by atoms with Gasteiger partial charge in [-0.25, -0.2) is 0 Å². The molecule has 7 heteroatoms. The molecule has 2 heterocycles. The summed E-state index contributed by atoms with van der Waals surface area (Å²) < 4.78 is 5.22. The maximum absolute atomic E-state index is 12.8. The van der Waals surface area contributed by atoms with Crippen molar-refractivity contribution in [1.82, 2.24) is 10.2 Å². The summed E-state index contributed by atoms with van der Waals surface area (Å²) in [5, 5.41) is 15.8. The van der Waals surface area contributed by atoms with Gasteiger partial charge in [-0.2, -0.15) is 0 Å². The van der Waals surface area contributed by atoms with Crippen LogP contribution in [-0.4, -0.2) is 46.6 Å². The normalized spacial score (nSPS) is 17.1. The number of terminal acetylenes is 1. The Bertz CT molecular complexity index is 893. The first-order valence-electron chi connectivity index (χ1n) is 9.56. The summed E-state index contributed by atoms with van der Waals surface area (Å²) >= 11 is 0. The summed E-state index contributed by atoms with van der Waals surface area (Å²) in [6, 6.07) is 9.96. The number of aliphatic hydroxyl groups is 1. The number of carbonyl (C=O) groups excluding carboxylic acids is 2. The molecule has 2 amide bonds. The number of nitrogens with one attached hydrogen (secondary N) is 2. The van der Waals surface area contributed by atoms with Crippen LogP contribution in [0, 0.1) is 12.3 Å². The van der Waals surface area contributed by atoms with Gasteiger partial charge in [0.15, 0.2) is 0 Å². The van der Waals surface area contributed by atoms with Gasteiger partial charge in [-0.05, 0) is 31.2 Å². The van der Waals surface area contributed by atoms with Gasteiger partial charge in [0.2, 0.25) is 5.91 Å². The van der Waals surface area contributed by atoms with Crippen LogP contribution in [0.3, 0.4) is 0 Å². The van der Waals surface area contributed by atoms with E-state index in [4.69, 9.17) is 10.8 Å². The van der Waals surface area contributed by atoms with Crippen molar-refractivity contribution in [3.05, 3.63) is 54.0 Å². The molecular formula is C22H25N3O4. The fourth-order valence-corrected chi connectivity index (χ4v) is 3.29. The van der Waals surface area contributed by atoms with Crippen LogP contribution in [-0.2, 0) is 11.3 Å². The molecule has 0 bridgehead atoms. The first kappa shape index (κ1) is 20.6. The Morgan fingerprint density at radius 3 is 2.66 bits per heavy atom. The number of rotatable bonds is 6. The molecule has 29 heavy (non-hydrogen) atoms. The van der Waals surface area contributed by atoms with Crippen molar-refractivity contribution in [2.75, 3.05) is 18.4 Å². The first-order valence-corrected chi connectivity index (χ1v) is 9.56. The van der Waals surface area contributed by atoms with Gasteiger partial charge < -0.3 is 20.2 Å². The average molecular weight is 395 g/mol. The second-order valence-electron chi connectivity index (χ2n) is 7.18. The molecule has 1 aromatic heterocycles. The van der Waals surface area contributed by atoms with Crippen molar-refractivity contribution in [2.24, 2.45) is 0 Å². The number of amides is 2. The molecule has 3 N–H and O–H groups in total. The van der Waals surface area contributed by atoms with Crippen LogP contribution in [0.5, 0.6) is 0 Å². The topological polar surface area (TPSA) is 94.8 Å². The minimum absolute atomic E-state index is 0.220. The minimum Gasteiger partial charge on any atom is -0.467 e. The maximum atomic E-state index is 12.8. The highest BCUT2D eigenvalue weighted by Crippen LogP contribution is 2.23. The molecule has 1 fully saturated rings. The lowest BCUT2D eigenvalue weighted by Crippen LogP contribution is -2.50. The van der Waals surface area contributed by atoms with Gasteiger partial charge in [-0.1, -0.05) is 18.1 Å². The van der Waals surface area contributed by atoms with Gasteiger partial charge in [0.1, 0.15) is 11.4 Å². The Morgan fingerprint density at radius 1 is 1.28 bits per heavy atom. The molecule has 1 aromatic carbocycles. The van der Waals surface area contributed by atoms with Crippen molar-refractivity contribution in [3.8, 4) is 12.3 Å². The molecule has 7 nitrogen and oxygen atoms in total. The van der Waals surface area contributed by atoms with Crippen LogP contribution in [0.2, 0.25) is 0 Å². The third-order valence-electron chi connectivity index (χ3n) is 5.25. The van der Waals surface area contributed by atoms with E-state index in [0.29, 0.717) is 42.9 Å². The molecule has 2 aromatic rings. The summed E-state index contributed by atoms with van der Waals surface area (Å²) in [5.41, 5.74) is -0.274.